The molecule has 0 aliphatic carbocycles. The maximum atomic E-state index is 13.6. The van der Waals surface area contributed by atoms with E-state index in [1.165, 1.54) is 23.8 Å². The monoisotopic (exact) mass is 455 g/mol. The van der Waals surface area contributed by atoms with Crippen LogP contribution in [-0.2, 0) is 12.6 Å². The number of carbonyl (C=O) groups is 1. The summed E-state index contributed by atoms with van der Waals surface area (Å²) in [6, 6.07) is 18.0. The quantitative estimate of drug-likeness (QED) is 0.537. The number of carbonyl (C=O) groups excluding carboxylic acids is 1. The van der Waals surface area contributed by atoms with Gasteiger partial charge in [-0.25, -0.2) is 0 Å². The second kappa shape index (κ2) is 9.89. The van der Waals surface area contributed by atoms with Gasteiger partial charge in [-0.2, -0.15) is 13.2 Å². The Labute approximate surface area is 190 Å². The lowest BCUT2D eigenvalue weighted by Crippen LogP contribution is -2.47. The zero-order valence-electron chi connectivity index (χ0n) is 17.9. The molecule has 9 heteroatoms. The van der Waals surface area contributed by atoms with Gasteiger partial charge in [0, 0.05) is 44.0 Å². The molecule has 1 saturated heterocycles. The summed E-state index contributed by atoms with van der Waals surface area (Å²) in [6.07, 6.45) is -3.47. The Hall–Kier alpha value is -3.62. The number of benzene rings is 2. The molecule has 4 rings (SSSR count). The number of aldehydes is 1. The molecule has 1 aliphatic rings. The van der Waals surface area contributed by atoms with Gasteiger partial charge in [0.15, 0.2) is 12.1 Å². The minimum Gasteiger partial charge on any atom is -0.368 e. The van der Waals surface area contributed by atoms with Gasteiger partial charge >= 0.3 is 6.18 Å². The Kier molecular flexibility index (Phi) is 6.76. The first-order valence-electron chi connectivity index (χ1n) is 10.7. The number of halogens is 3. The van der Waals surface area contributed by atoms with Crippen LogP contribution in [0, 0.1) is 0 Å². The molecular formula is C24H24F3N5O. The van der Waals surface area contributed by atoms with Gasteiger partial charge in [-0.05, 0) is 30.2 Å². The second-order valence-corrected chi connectivity index (χ2v) is 7.77. The van der Waals surface area contributed by atoms with Crippen molar-refractivity contribution in [2.75, 3.05) is 47.8 Å². The third-order valence-corrected chi connectivity index (χ3v) is 5.64. The zero-order chi connectivity index (χ0) is 23.3. The van der Waals surface area contributed by atoms with E-state index in [4.69, 9.17) is 0 Å². The number of nitrogens with zero attached hydrogens (tertiary/aromatic N) is 4. The van der Waals surface area contributed by atoms with Crippen LogP contribution in [0.15, 0.2) is 60.7 Å². The first kappa shape index (κ1) is 22.6. The predicted octanol–water partition coefficient (Wildman–Crippen LogP) is 4.29. The van der Waals surface area contributed by atoms with Crippen molar-refractivity contribution >= 4 is 23.6 Å². The number of hydrogen-bond acceptors (Lipinski definition) is 6. The van der Waals surface area contributed by atoms with E-state index in [1.807, 2.05) is 35.2 Å². The van der Waals surface area contributed by atoms with Gasteiger partial charge in [-0.15, -0.1) is 10.2 Å². The van der Waals surface area contributed by atoms with E-state index in [1.54, 1.807) is 4.90 Å². The highest BCUT2D eigenvalue weighted by Crippen LogP contribution is 2.39. The van der Waals surface area contributed by atoms with E-state index in [0.717, 1.165) is 13.0 Å². The number of anilines is 3. The van der Waals surface area contributed by atoms with Crippen LogP contribution >= 0.6 is 0 Å². The predicted molar refractivity (Wildman–Crippen MR) is 122 cm³/mol. The van der Waals surface area contributed by atoms with Crippen LogP contribution in [0.1, 0.15) is 21.5 Å². The molecule has 1 aliphatic heterocycles. The van der Waals surface area contributed by atoms with E-state index in [0.29, 0.717) is 37.8 Å². The summed E-state index contributed by atoms with van der Waals surface area (Å²) in [6.45, 7) is 2.49. The SMILES string of the molecule is O=Cc1cccc(N2CCN(c3ccc(NCCc4ccccc4)nn3)CC2)c1C(F)(F)F. The topological polar surface area (TPSA) is 61.4 Å². The third-order valence-electron chi connectivity index (χ3n) is 5.64. The highest BCUT2D eigenvalue weighted by molar-refractivity contribution is 5.81. The van der Waals surface area contributed by atoms with Crippen molar-refractivity contribution in [2.45, 2.75) is 12.6 Å². The van der Waals surface area contributed by atoms with Crippen molar-refractivity contribution in [3.63, 3.8) is 0 Å². The van der Waals surface area contributed by atoms with Gasteiger partial charge in [0.25, 0.3) is 0 Å². The molecule has 0 amide bonds. The summed E-state index contributed by atoms with van der Waals surface area (Å²) < 4.78 is 40.8. The Morgan fingerprint density at radius 1 is 0.879 bits per heavy atom. The molecule has 6 nitrogen and oxygen atoms in total. The van der Waals surface area contributed by atoms with Crippen LogP contribution in [-0.4, -0.2) is 49.2 Å². The molecule has 2 aromatic carbocycles. The summed E-state index contributed by atoms with van der Waals surface area (Å²) in [7, 11) is 0. The standard InChI is InChI=1S/C24H24F3N5O/c25-24(26,27)23-19(17-33)7-4-8-20(23)31-13-15-32(16-14-31)22-10-9-21(29-30-22)28-12-11-18-5-2-1-3-6-18/h1-10,17H,11-16H2,(H,28,29). The molecule has 33 heavy (non-hydrogen) atoms. The van der Waals surface area contributed by atoms with Gasteiger partial charge in [0.2, 0.25) is 0 Å². The van der Waals surface area contributed by atoms with Gasteiger partial charge < -0.3 is 15.1 Å². The maximum Gasteiger partial charge on any atom is 0.419 e. The highest BCUT2D eigenvalue weighted by atomic mass is 19.4. The van der Waals surface area contributed by atoms with Crippen molar-refractivity contribution in [3.05, 3.63) is 77.4 Å². The van der Waals surface area contributed by atoms with Crippen LogP contribution < -0.4 is 15.1 Å². The third kappa shape index (κ3) is 5.42. The van der Waals surface area contributed by atoms with Crippen LogP contribution in [0.2, 0.25) is 0 Å². The van der Waals surface area contributed by atoms with E-state index < -0.39 is 11.7 Å². The summed E-state index contributed by atoms with van der Waals surface area (Å²) in [5, 5.41) is 11.8. The molecule has 0 spiro atoms. The molecule has 0 saturated carbocycles. The lowest BCUT2D eigenvalue weighted by atomic mass is 10.0. The van der Waals surface area contributed by atoms with Gasteiger partial charge in [0.05, 0.1) is 5.56 Å². The second-order valence-electron chi connectivity index (χ2n) is 7.77. The fourth-order valence-corrected chi connectivity index (χ4v) is 3.97. The first-order chi connectivity index (χ1) is 16.0. The lowest BCUT2D eigenvalue weighted by molar-refractivity contribution is -0.137. The van der Waals surface area contributed by atoms with Crippen molar-refractivity contribution in [3.8, 4) is 0 Å². The van der Waals surface area contributed by atoms with Crippen LogP contribution in [0.3, 0.4) is 0 Å². The molecule has 1 fully saturated rings. The highest BCUT2D eigenvalue weighted by Gasteiger charge is 2.38. The average Bonchev–Trinajstić information content (AvgIpc) is 2.84. The molecule has 0 radical (unpaired) electrons. The minimum absolute atomic E-state index is 0.0378. The van der Waals surface area contributed by atoms with Crippen molar-refractivity contribution < 1.29 is 18.0 Å². The number of hydrogen-bond donors (Lipinski definition) is 1. The Morgan fingerprint density at radius 2 is 1.61 bits per heavy atom. The van der Waals surface area contributed by atoms with Gasteiger partial charge in [-0.1, -0.05) is 42.5 Å². The van der Waals surface area contributed by atoms with Crippen LogP contribution in [0.25, 0.3) is 0 Å². The molecule has 0 unspecified atom stereocenters. The van der Waals surface area contributed by atoms with E-state index in [-0.39, 0.29) is 17.5 Å². The van der Waals surface area contributed by atoms with Crippen molar-refractivity contribution in [1.29, 1.82) is 0 Å². The summed E-state index contributed by atoms with van der Waals surface area (Å²) in [5.74, 6) is 1.36. The smallest absolute Gasteiger partial charge is 0.368 e. The average molecular weight is 455 g/mol. The van der Waals surface area contributed by atoms with Gasteiger partial charge in [-0.3, -0.25) is 4.79 Å². The number of rotatable bonds is 7. The van der Waals surface area contributed by atoms with E-state index in [9.17, 15) is 18.0 Å². The molecule has 172 valence electrons. The normalized spacial score (nSPS) is 14.3. The number of aromatic nitrogens is 2. The van der Waals surface area contributed by atoms with E-state index >= 15 is 0 Å². The minimum atomic E-state index is -4.60. The summed E-state index contributed by atoms with van der Waals surface area (Å²) >= 11 is 0. The van der Waals surface area contributed by atoms with Crippen molar-refractivity contribution in [2.24, 2.45) is 0 Å². The Bertz CT molecular complexity index is 1070. The number of alkyl halides is 3. The first-order valence-corrected chi connectivity index (χ1v) is 10.7. The summed E-state index contributed by atoms with van der Waals surface area (Å²) in [5.41, 5.74) is 0.0541. The Morgan fingerprint density at radius 3 is 2.24 bits per heavy atom. The number of piperazine rings is 1. The van der Waals surface area contributed by atoms with Crippen LogP contribution in [0.4, 0.5) is 30.5 Å². The van der Waals surface area contributed by atoms with E-state index in [2.05, 4.69) is 27.6 Å². The maximum absolute atomic E-state index is 13.6. The van der Waals surface area contributed by atoms with Gasteiger partial charge in [0.1, 0.15) is 5.82 Å². The molecular weight excluding hydrogens is 431 g/mol. The van der Waals surface area contributed by atoms with Crippen molar-refractivity contribution in [1.82, 2.24) is 10.2 Å². The molecule has 1 N–H and O–H groups in total. The van der Waals surface area contributed by atoms with Crippen LogP contribution in [0.5, 0.6) is 0 Å². The largest absolute Gasteiger partial charge is 0.419 e. The lowest BCUT2D eigenvalue weighted by Gasteiger charge is -2.37. The molecule has 2 heterocycles. The Balaban J connectivity index is 1.35. The molecule has 0 atom stereocenters. The number of nitrogens with one attached hydrogen (secondary N) is 1. The molecule has 1 aromatic heterocycles. The fourth-order valence-electron chi connectivity index (χ4n) is 3.97. The summed E-state index contributed by atoms with van der Waals surface area (Å²) in [4.78, 5) is 14.8. The molecule has 3 aromatic rings. The zero-order valence-corrected chi connectivity index (χ0v) is 17.9. The molecule has 0 bridgehead atoms. The fraction of sp³-hybridized carbons (Fsp3) is 0.292.